The maximum atomic E-state index is 13.3. The first-order valence-corrected chi connectivity index (χ1v) is 9.08. The highest BCUT2D eigenvalue weighted by Gasteiger charge is 2.36. The lowest BCUT2D eigenvalue weighted by atomic mass is 9.78. The number of aryl methyl sites for hydroxylation is 2. The summed E-state index contributed by atoms with van der Waals surface area (Å²) in [6.07, 6.45) is 0. The van der Waals surface area contributed by atoms with Gasteiger partial charge in [0, 0.05) is 22.3 Å². The molecule has 3 aromatic rings. The average molecular weight is 366 g/mol. The lowest BCUT2D eigenvalue weighted by Crippen LogP contribution is -2.26. The maximum absolute atomic E-state index is 13.3. The molecule has 0 spiro atoms. The van der Waals surface area contributed by atoms with E-state index in [0.717, 1.165) is 11.1 Å². The highest BCUT2D eigenvalue weighted by Crippen LogP contribution is 2.34. The molecule has 3 nitrogen and oxygen atoms in total. The molecule has 3 heteroatoms. The first-order valence-electron chi connectivity index (χ1n) is 9.08. The van der Waals surface area contributed by atoms with Gasteiger partial charge in [0.1, 0.15) is 0 Å². The molecule has 0 saturated carbocycles. The number of allylic oxidation sites excluding steroid dienone is 2. The minimum Gasteiger partial charge on any atom is -0.289 e. The van der Waals surface area contributed by atoms with Gasteiger partial charge in [0.15, 0.2) is 17.3 Å². The molecule has 0 N–H and O–H groups in total. The molecule has 136 valence electrons. The van der Waals surface area contributed by atoms with Gasteiger partial charge in [-0.3, -0.25) is 14.4 Å². The summed E-state index contributed by atoms with van der Waals surface area (Å²) < 4.78 is 0. The summed E-state index contributed by atoms with van der Waals surface area (Å²) >= 11 is 0. The van der Waals surface area contributed by atoms with Crippen molar-refractivity contribution in [2.45, 2.75) is 13.8 Å². The number of rotatable bonds is 3. The Morgan fingerprint density at radius 2 is 1.14 bits per heavy atom. The summed E-state index contributed by atoms with van der Waals surface area (Å²) in [5.41, 5.74) is 3.75. The van der Waals surface area contributed by atoms with Crippen LogP contribution in [0.15, 0.2) is 78.4 Å². The van der Waals surface area contributed by atoms with Crippen molar-refractivity contribution >= 4 is 22.9 Å². The van der Waals surface area contributed by atoms with Crippen molar-refractivity contribution in [3.8, 4) is 0 Å². The van der Waals surface area contributed by atoms with E-state index in [-0.39, 0.29) is 22.5 Å². The first-order chi connectivity index (χ1) is 13.5. The van der Waals surface area contributed by atoms with E-state index in [2.05, 4.69) is 0 Å². The monoisotopic (exact) mass is 366 g/mol. The molecule has 0 fully saturated rings. The zero-order chi connectivity index (χ0) is 19.8. The zero-order valence-corrected chi connectivity index (χ0v) is 15.7. The fraction of sp³-hybridized carbons (Fsp3) is 0.0800. The van der Waals surface area contributed by atoms with Crippen molar-refractivity contribution in [1.82, 2.24) is 0 Å². The molecule has 0 aliphatic heterocycles. The van der Waals surface area contributed by atoms with Crippen LogP contribution in [0.3, 0.4) is 0 Å². The molecule has 0 atom stereocenters. The van der Waals surface area contributed by atoms with Gasteiger partial charge in [0.25, 0.3) is 0 Å². The Morgan fingerprint density at radius 1 is 0.643 bits per heavy atom. The van der Waals surface area contributed by atoms with E-state index in [1.54, 1.807) is 48.5 Å². The van der Waals surface area contributed by atoms with E-state index < -0.39 is 11.6 Å². The Bertz CT molecular complexity index is 1150. The van der Waals surface area contributed by atoms with Crippen LogP contribution < -0.4 is 0 Å². The van der Waals surface area contributed by atoms with Crippen molar-refractivity contribution in [2.75, 3.05) is 0 Å². The number of hydrogen-bond donors (Lipinski definition) is 0. The minimum absolute atomic E-state index is 0.0589. The molecule has 0 unspecified atom stereocenters. The quantitative estimate of drug-likeness (QED) is 0.483. The van der Waals surface area contributed by atoms with Crippen molar-refractivity contribution in [3.63, 3.8) is 0 Å². The van der Waals surface area contributed by atoms with Gasteiger partial charge in [-0.1, -0.05) is 83.9 Å². The first kappa shape index (κ1) is 17.8. The number of Topliss-reactive ketones (excluding diaryl/α,β-unsaturated/α-hetero) is 3. The topological polar surface area (TPSA) is 51.2 Å². The molecule has 1 aliphatic rings. The van der Waals surface area contributed by atoms with Crippen LogP contribution in [-0.4, -0.2) is 17.3 Å². The van der Waals surface area contributed by atoms with Crippen LogP contribution in [0.2, 0.25) is 0 Å². The van der Waals surface area contributed by atoms with Gasteiger partial charge in [0.05, 0.1) is 5.57 Å². The maximum Gasteiger partial charge on any atom is 0.198 e. The van der Waals surface area contributed by atoms with Gasteiger partial charge in [-0.05, 0) is 19.4 Å². The second kappa shape index (κ2) is 6.86. The summed E-state index contributed by atoms with van der Waals surface area (Å²) in [7, 11) is 0. The van der Waals surface area contributed by atoms with E-state index in [9.17, 15) is 14.4 Å². The highest BCUT2D eigenvalue weighted by atomic mass is 16.2. The molecule has 0 aromatic heterocycles. The van der Waals surface area contributed by atoms with E-state index in [1.165, 1.54) is 0 Å². The minimum atomic E-state index is -0.427. The third kappa shape index (κ3) is 2.91. The number of fused-ring (bicyclic) bond motifs is 1. The van der Waals surface area contributed by atoms with E-state index in [4.69, 9.17) is 0 Å². The van der Waals surface area contributed by atoms with E-state index in [0.29, 0.717) is 16.7 Å². The summed E-state index contributed by atoms with van der Waals surface area (Å²) in [6, 6.07) is 21.0. The predicted octanol–water partition coefficient (Wildman–Crippen LogP) is 5.02. The predicted molar refractivity (Wildman–Crippen MR) is 109 cm³/mol. The zero-order valence-electron chi connectivity index (χ0n) is 15.7. The normalized spacial score (nSPS) is 13.5. The number of benzene rings is 3. The van der Waals surface area contributed by atoms with Crippen molar-refractivity contribution in [1.29, 1.82) is 0 Å². The van der Waals surface area contributed by atoms with Gasteiger partial charge >= 0.3 is 0 Å². The van der Waals surface area contributed by atoms with Gasteiger partial charge in [-0.2, -0.15) is 0 Å². The average Bonchev–Trinajstić information content (AvgIpc) is 2.71. The van der Waals surface area contributed by atoms with E-state index >= 15 is 0 Å². The lowest BCUT2D eigenvalue weighted by molar-refractivity contribution is 0.0940. The number of carbonyl (C=O) groups excluding carboxylic acids is 3. The van der Waals surface area contributed by atoms with Crippen LogP contribution in [0, 0.1) is 13.8 Å². The SMILES string of the molecule is Cc1ccc(C(=O)C2=C(c3ccc(C)cc3)C(=O)c3ccccc3C2=O)cc1. The van der Waals surface area contributed by atoms with Crippen LogP contribution in [0.5, 0.6) is 0 Å². The summed E-state index contributed by atoms with van der Waals surface area (Å²) in [4.78, 5) is 39.8. The highest BCUT2D eigenvalue weighted by molar-refractivity contribution is 6.49. The Kier molecular flexibility index (Phi) is 4.36. The van der Waals surface area contributed by atoms with Crippen molar-refractivity contribution in [2.24, 2.45) is 0 Å². The molecule has 1 aliphatic carbocycles. The van der Waals surface area contributed by atoms with Crippen LogP contribution in [0.4, 0.5) is 0 Å². The van der Waals surface area contributed by atoms with Crippen molar-refractivity contribution < 1.29 is 14.4 Å². The summed E-state index contributed by atoms with van der Waals surface area (Å²) in [6.45, 7) is 3.87. The Labute approximate surface area is 163 Å². The standard InChI is InChI=1S/C25H18O3/c1-15-7-11-17(12-8-15)21-22(23(26)18-13-9-16(2)10-14-18)25(28)20-6-4-3-5-19(20)24(21)27/h3-14H,1-2H3. The molecule has 0 heterocycles. The van der Waals surface area contributed by atoms with Crippen LogP contribution >= 0.6 is 0 Å². The third-order valence-corrected chi connectivity index (χ3v) is 5.00. The molecular weight excluding hydrogens is 348 g/mol. The molecule has 4 rings (SSSR count). The van der Waals surface area contributed by atoms with Gasteiger partial charge in [0.2, 0.25) is 0 Å². The molecule has 0 saturated heterocycles. The van der Waals surface area contributed by atoms with Gasteiger partial charge in [-0.25, -0.2) is 0 Å². The molecule has 3 aromatic carbocycles. The van der Waals surface area contributed by atoms with Gasteiger partial charge < -0.3 is 0 Å². The van der Waals surface area contributed by atoms with Crippen LogP contribution in [0.25, 0.3) is 5.57 Å². The Hall–Kier alpha value is -3.59. The summed E-state index contributed by atoms with van der Waals surface area (Å²) in [5.74, 6) is -1.13. The van der Waals surface area contributed by atoms with Crippen molar-refractivity contribution in [3.05, 3.63) is 112 Å². The van der Waals surface area contributed by atoms with Crippen LogP contribution in [-0.2, 0) is 0 Å². The molecule has 0 radical (unpaired) electrons. The van der Waals surface area contributed by atoms with Gasteiger partial charge in [-0.15, -0.1) is 0 Å². The third-order valence-electron chi connectivity index (χ3n) is 5.00. The number of carbonyl (C=O) groups is 3. The van der Waals surface area contributed by atoms with Crippen LogP contribution in [0.1, 0.15) is 47.8 Å². The largest absolute Gasteiger partial charge is 0.289 e. The fourth-order valence-corrected chi connectivity index (χ4v) is 3.44. The Morgan fingerprint density at radius 3 is 1.71 bits per heavy atom. The molecule has 28 heavy (non-hydrogen) atoms. The Balaban J connectivity index is 1.97. The van der Waals surface area contributed by atoms with E-state index in [1.807, 2.05) is 38.1 Å². The summed E-state index contributed by atoms with van der Waals surface area (Å²) in [5, 5.41) is 0. The molecule has 0 bridgehead atoms. The number of ketones is 3. The second-order valence-corrected chi connectivity index (χ2v) is 7.02. The molecular formula is C25H18O3. The fourth-order valence-electron chi connectivity index (χ4n) is 3.44. The number of hydrogen-bond acceptors (Lipinski definition) is 3. The molecule has 0 amide bonds. The lowest BCUT2D eigenvalue weighted by Gasteiger charge is -2.21. The second-order valence-electron chi connectivity index (χ2n) is 7.02. The smallest absolute Gasteiger partial charge is 0.198 e.